The Morgan fingerprint density at radius 1 is 1.60 bits per heavy atom. The van der Waals surface area contributed by atoms with E-state index in [-0.39, 0.29) is 18.9 Å². The Kier molecular flexibility index (Phi) is 4.51. The van der Waals surface area contributed by atoms with Crippen molar-refractivity contribution in [2.75, 3.05) is 13.2 Å². The second-order valence-electron chi connectivity index (χ2n) is 2.61. The van der Waals surface area contributed by atoms with Gasteiger partial charge in [0.25, 0.3) is 0 Å². The number of aliphatic hydroxyl groups is 1. The molecular formula is C9H9BrFNO3. The molecule has 2 N–H and O–H groups in total. The van der Waals surface area contributed by atoms with Gasteiger partial charge in [-0.05, 0) is 34.1 Å². The van der Waals surface area contributed by atoms with E-state index in [4.69, 9.17) is 9.84 Å². The molecule has 0 aliphatic carbocycles. The second-order valence-corrected chi connectivity index (χ2v) is 3.47. The molecular weight excluding hydrogens is 269 g/mol. The van der Waals surface area contributed by atoms with E-state index in [1.54, 1.807) is 0 Å². The van der Waals surface area contributed by atoms with E-state index in [0.29, 0.717) is 4.47 Å². The third-order valence-corrected chi connectivity index (χ3v) is 2.10. The highest BCUT2D eigenvalue weighted by Crippen LogP contribution is 2.25. The first kappa shape index (κ1) is 11.9. The summed E-state index contributed by atoms with van der Waals surface area (Å²) >= 11 is 3.05. The molecule has 1 rings (SSSR count). The van der Waals surface area contributed by atoms with Gasteiger partial charge < -0.3 is 15.2 Å². The Morgan fingerprint density at radius 3 is 2.93 bits per heavy atom. The zero-order valence-corrected chi connectivity index (χ0v) is 9.25. The maximum atomic E-state index is 12.7. The average Bonchev–Trinajstić information content (AvgIpc) is 2.19. The number of carbonyl (C=O) groups excluding carboxylic acids is 1. The van der Waals surface area contributed by atoms with Gasteiger partial charge in [0.2, 0.25) is 0 Å². The highest BCUT2D eigenvalue weighted by Gasteiger charge is 2.07. The molecule has 0 spiro atoms. The van der Waals surface area contributed by atoms with Gasteiger partial charge in [0.15, 0.2) is 0 Å². The molecule has 6 heteroatoms. The van der Waals surface area contributed by atoms with E-state index >= 15 is 0 Å². The first-order valence-electron chi connectivity index (χ1n) is 4.15. The van der Waals surface area contributed by atoms with Crippen LogP contribution in [0, 0.1) is 5.82 Å². The van der Waals surface area contributed by atoms with Crippen molar-refractivity contribution in [3.63, 3.8) is 0 Å². The summed E-state index contributed by atoms with van der Waals surface area (Å²) in [5, 5.41) is 10.7. The zero-order chi connectivity index (χ0) is 11.3. The van der Waals surface area contributed by atoms with E-state index in [1.807, 2.05) is 0 Å². The molecule has 1 amide bonds. The topological polar surface area (TPSA) is 58.6 Å². The van der Waals surface area contributed by atoms with Gasteiger partial charge >= 0.3 is 6.09 Å². The number of benzene rings is 1. The van der Waals surface area contributed by atoms with Crippen molar-refractivity contribution >= 4 is 22.0 Å². The lowest BCUT2D eigenvalue weighted by Crippen LogP contribution is -2.29. The fourth-order valence-corrected chi connectivity index (χ4v) is 1.28. The number of hydrogen-bond acceptors (Lipinski definition) is 3. The minimum Gasteiger partial charge on any atom is -0.409 e. The Hall–Kier alpha value is -1.14. The van der Waals surface area contributed by atoms with Crippen LogP contribution in [0.15, 0.2) is 22.7 Å². The summed E-state index contributed by atoms with van der Waals surface area (Å²) in [5.74, 6) is -0.211. The Balaban J connectivity index is 2.60. The van der Waals surface area contributed by atoms with Crippen LogP contribution in [0.4, 0.5) is 9.18 Å². The summed E-state index contributed by atoms with van der Waals surface area (Å²) in [6, 6.07) is 3.70. The van der Waals surface area contributed by atoms with Gasteiger partial charge in [0, 0.05) is 6.54 Å². The van der Waals surface area contributed by atoms with E-state index in [1.165, 1.54) is 18.2 Å². The van der Waals surface area contributed by atoms with Crippen molar-refractivity contribution in [3.05, 3.63) is 28.5 Å². The summed E-state index contributed by atoms with van der Waals surface area (Å²) in [5.41, 5.74) is 0. The lowest BCUT2D eigenvalue weighted by atomic mass is 10.3. The summed E-state index contributed by atoms with van der Waals surface area (Å²) in [6.45, 7) is -0.0582. The molecule has 0 aliphatic rings. The van der Waals surface area contributed by atoms with Gasteiger partial charge in [-0.1, -0.05) is 0 Å². The van der Waals surface area contributed by atoms with Crippen molar-refractivity contribution in [2.45, 2.75) is 0 Å². The highest BCUT2D eigenvalue weighted by atomic mass is 79.9. The molecule has 0 fully saturated rings. The SMILES string of the molecule is O=C(NCCO)Oc1ccc(F)cc1Br. The van der Waals surface area contributed by atoms with Gasteiger partial charge in [0.05, 0.1) is 11.1 Å². The number of ether oxygens (including phenoxy) is 1. The predicted octanol–water partition coefficient (Wildman–Crippen LogP) is 1.67. The van der Waals surface area contributed by atoms with Crippen LogP contribution in [0.5, 0.6) is 5.75 Å². The number of nitrogens with one attached hydrogen (secondary N) is 1. The summed E-state index contributed by atoms with van der Waals surface area (Å²) in [4.78, 5) is 11.0. The van der Waals surface area contributed by atoms with Gasteiger partial charge in [0.1, 0.15) is 11.6 Å². The van der Waals surface area contributed by atoms with Crippen LogP contribution in [0.2, 0.25) is 0 Å². The maximum Gasteiger partial charge on any atom is 0.412 e. The van der Waals surface area contributed by atoms with Crippen LogP contribution in [0.1, 0.15) is 0 Å². The first-order chi connectivity index (χ1) is 7.13. The van der Waals surface area contributed by atoms with Crippen LogP contribution < -0.4 is 10.1 Å². The monoisotopic (exact) mass is 277 g/mol. The van der Waals surface area contributed by atoms with Crippen LogP contribution >= 0.6 is 15.9 Å². The fourth-order valence-electron chi connectivity index (χ4n) is 0.852. The maximum absolute atomic E-state index is 12.7. The summed E-state index contributed by atoms with van der Waals surface area (Å²) in [7, 11) is 0. The van der Waals surface area contributed by atoms with Gasteiger partial charge in [-0.2, -0.15) is 0 Å². The molecule has 0 aromatic heterocycles. The van der Waals surface area contributed by atoms with Crippen molar-refractivity contribution in [2.24, 2.45) is 0 Å². The van der Waals surface area contributed by atoms with E-state index < -0.39 is 11.9 Å². The molecule has 82 valence electrons. The van der Waals surface area contributed by atoms with Crippen molar-refractivity contribution in [3.8, 4) is 5.75 Å². The highest BCUT2D eigenvalue weighted by molar-refractivity contribution is 9.10. The molecule has 0 unspecified atom stereocenters. The minimum absolute atomic E-state index is 0.109. The van der Waals surface area contributed by atoms with Gasteiger partial charge in [-0.3, -0.25) is 0 Å². The zero-order valence-electron chi connectivity index (χ0n) is 7.67. The minimum atomic E-state index is -0.698. The number of hydrogen-bond donors (Lipinski definition) is 2. The van der Waals surface area contributed by atoms with Crippen molar-refractivity contribution < 1.29 is 19.0 Å². The molecule has 15 heavy (non-hydrogen) atoms. The third-order valence-electron chi connectivity index (χ3n) is 1.48. The van der Waals surface area contributed by atoms with Crippen molar-refractivity contribution in [1.82, 2.24) is 5.32 Å². The lowest BCUT2D eigenvalue weighted by Gasteiger charge is -2.06. The molecule has 0 heterocycles. The predicted molar refractivity (Wildman–Crippen MR) is 55.2 cm³/mol. The summed E-state index contributed by atoms with van der Waals surface area (Å²) in [6.07, 6.45) is -0.698. The molecule has 0 aliphatic heterocycles. The van der Waals surface area contributed by atoms with E-state index in [9.17, 15) is 9.18 Å². The number of aliphatic hydroxyl groups excluding tert-OH is 1. The second kappa shape index (κ2) is 5.67. The molecule has 0 atom stereocenters. The molecule has 4 nitrogen and oxygen atoms in total. The number of amides is 1. The molecule has 1 aromatic carbocycles. The number of halogens is 2. The quantitative estimate of drug-likeness (QED) is 0.884. The molecule has 0 bridgehead atoms. The molecule has 0 saturated heterocycles. The summed E-state index contributed by atoms with van der Waals surface area (Å²) < 4.78 is 17.8. The van der Waals surface area contributed by atoms with Crippen LogP contribution in [-0.4, -0.2) is 24.4 Å². The van der Waals surface area contributed by atoms with Gasteiger partial charge in [-0.25, -0.2) is 9.18 Å². The molecule has 0 saturated carbocycles. The molecule has 1 aromatic rings. The number of carbonyl (C=O) groups is 1. The van der Waals surface area contributed by atoms with Crippen LogP contribution in [0.3, 0.4) is 0 Å². The normalized spacial score (nSPS) is 9.80. The van der Waals surface area contributed by atoms with Crippen LogP contribution in [0.25, 0.3) is 0 Å². The standard InChI is InChI=1S/C9H9BrFNO3/c10-7-5-6(11)1-2-8(7)15-9(14)12-3-4-13/h1-2,5,13H,3-4H2,(H,12,14). The third kappa shape index (κ3) is 3.85. The Labute approximate surface area is 94.2 Å². The smallest absolute Gasteiger partial charge is 0.409 e. The number of rotatable bonds is 3. The first-order valence-corrected chi connectivity index (χ1v) is 4.94. The Bertz CT molecular complexity index is 359. The van der Waals surface area contributed by atoms with Crippen LogP contribution in [-0.2, 0) is 0 Å². The van der Waals surface area contributed by atoms with E-state index in [2.05, 4.69) is 21.2 Å². The van der Waals surface area contributed by atoms with E-state index in [0.717, 1.165) is 0 Å². The lowest BCUT2D eigenvalue weighted by molar-refractivity contribution is 0.195. The fraction of sp³-hybridized carbons (Fsp3) is 0.222. The van der Waals surface area contributed by atoms with Gasteiger partial charge in [-0.15, -0.1) is 0 Å². The Morgan fingerprint density at radius 2 is 2.33 bits per heavy atom. The average molecular weight is 278 g/mol. The largest absolute Gasteiger partial charge is 0.412 e. The van der Waals surface area contributed by atoms with Crippen molar-refractivity contribution in [1.29, 1.82) is 0 Å². The molecule has 0 radical (unpaired) electrons.